The fourth-order valence-corrected chi connectivity index (χ4v) is 3.15. The van der Waals surface area contributed by atoms with E-state index in [0.29, 0.717) is 11.7 Å². The first-order valence-electron chi connectivity index (χ1n) is 7.89. The molecule has 1 N–H and O–H groups in total. The SMILES string of the molecule is CCCNC(c1ccc(OC)cc1F)C1CCOC1CC. The summed E-state index contributed by atoms with van der Waals surface area (Å²) in [5.74, 6) is 0.675. The second-order valence-electron chi connectivity index (χ2n) is 5.59. The van der Waals surface area contributed by atoms with Crippen molar-refractivity contribution < 1.29 is 13.9 Å². The molecule has 1 fully saturated rings. The molecule has 118 valence electrons. The van der Waals surface area contributed by atoms with Gasteiger partial charge < -0.3 is 14.8 Å². The molecule has 1 saturated heterocycles. The summed E-state index contributed by atoms with van der Waals surface area (Å²) >= 11 is 0. The molecular weight excluding hydrogens is 269 g/mol. The molecule has 1 aliphatic rings. The Morgan fingerprint density at radius 1 is 1.43 bits per heavy atom. The van der Waals surface area contributed by atoms with E-state index >= 15 is 0 Å². The predicted octanol–water partition coefficient (Wildman–Crippen LogP) is 3.69. The van der Waals surface area contributed by atoms with E-state index < -0.39 is 0 Å². The minimum absolute atomic E-state index is 0.00306. The zero-order chi connectivity index (χ0) is 15.2. The van der Waals surface area contributed by atoms with Gasteiger partial charge in [-0.1, -0.05) is 19.9 Å². The first-order chi connectivity index (χ1) is 10.2. The van der Waals surface area contributed by atoms with Gasteiger partial charge in [-0.3, -0.25) is 0 Å². The molecule has 3 atom stereocenters. The number of rotatable bonds is 7. The maximum absolute atomic E-state index is 14.4. The lowest BCUT2D eigenvalue weighted by Gasteiger charge is -2.29. The predicted molar refractivity (Wildman–Crippen MR) is 82.1 cm³/mol. The van der Waals surface area contributed by atoms with Crippen LogP contribution in [0.4, 0.5) is 4.39 Å². The number of hydrogen-bond acceptors (Lipinski definition) is 3. The first-order valence-corrected chi connectivity index (χ1v) is 7.89. The molecule has 0 radical (unpaired) electrons. The number of nitrogens with one attached hydrogen (secondary N) is 1. The highest BCUT2D eigenvalue weighted by molar-refractivity contribution is 5.31. The van der Waals surface area contributed by atoms with Crippen molar-refractivity contribution in [2.75, 3.05) is 20.3 Å². The molecule has 1 heterocycles. The van der Waals surface area contributed by atoms with Crippen LogP contribution in [-0.2, 0) is 4.74 Å². The van der Waals surface area contributed by atoms with Crippen LogP contribution in [0.3, 0.4) is 0 Å². The molecule has 4 heteroatoms. The lowest BCUT2D eigenvalue weighted by atomic mass is 9.86. The van der Waals surface area contributed by atoms with Gasteiger partial charge in [-0.2, -0.15) is 0 Å². The van der Waals surface area contributed by atoms with E-state index in [1.165, 1.54) is 6.07 Å². The fraction of sp³-hybridized carbons (Fsp3) is 0.647. The van der Waals surface area contributed by atoms with E-state index in [2.05, 4.69) is 19.2 Å². The topological polar surface area (TPSA) is 30.5 Å². The summed E-state index contributed by atoms with van der Waals surface area (Å²) in [4.78, 5) is 0. The van der Waals surface area contributed by atoms with E-state index in [9.17, 15) is 4.39 Å². The van der Waals surface area contributed by atoms with Crippen LogP contribution in [0.25, 0.3) is 0 Å². The second kappa shape index (κ2) is 7.76. The molecule has 1 aromatic rings. The lowest BCUT2D eigenvalue weighted by Crippen LogP contribution is -2.34. The second-order valence-corrected chi connectivity index (χ2v) is 5.59. The average Bonchev–Trinajstić information content (AvgIpc) is 2.97. The molecule has 2 rings (SSSR count). The molecule has 1 aliphatic heterocycles. The molecule has 0 aliphatic carbocycles. The van der Waals surface area contributed by atoms with Gasteiger partial charge in [0.25, 0.3) is 0 Å². The van der Waals surface area contributed by atoms with Gasteiger partial charge in [0.05, 0.1) is 13.2 Å². The summed E-state index contributed by atoms with van der Waals surface area (Å²) in [6, 6.07) is 5.14. The van der Waals surface area contributed by atoms with E-state index in [0.717, 1.165) is 38.0 Å². The van der Waals surface area contributed by atoms with E-state index in [4.69, 9.17) is 9.47 Å². The summed E-state index contributed by atoms with van der Waals surface area (Å²) in [5.41, 5.74) is 0.721. The van der Waals surface area contributed by atoms with Crippen LogP contribution in [0.5, 0.6) is 5.75 Å². The highest BCUT2D eigenvalue weighted by Crippen LogP contribution is 2.36. The Morgan fingerprint density at radius 3 is 2.86 bits per heavy atom. The molecule has 1 aromatic carbocycles. The van der Waals surface area contributed by atoms with Crippen molar-refractivity contribution in [2.24, 2.45) is 5.92 Å². The largest absolute Gasteiger partial charge is 0.497 e. The molecular formula is C17H26FNO2. The summed E-state index contributed by atoms with van der Waals surface area (Å²) in [6.07, 6.45) is 3.18. The van der Waals surface area contributed by atoms with Gasteiger partial charge >= 0.3 is 0 Å². The number of halogens is 1. The highest BCUT2D eigenvalue weighted by Gasteiger charge is 2.35. The molecule has 0 spiro atoms. The zero-order valence-electron chi connectivity index (χ0n) is 13.2. The molecule has 0 aromatic heterocycles. The van der Waals surface area contributed by atoms with Gasteiger partial charge in [0, 0.05) is 30.2 Å². The van der Waals surface area contributed by atoms with E-state index in [1.807, 2.05) is 12.1 Å². The fourth-order valence-electron chi connectivity index (χ4n) is 3.15. The van der Waals surface area contributed by atoms with Crippen molar-refractivity contribution in [3.05, 3.63) is 29.6 Å². The number of benzene rings is 1. The van der Waals surface area contributed by atoms with Crippen molar-refractivity contribution in [3.8, 4) is 5.75 Å². The van der Waals surface area contributed by atoms with Crippen LogP contribution in [0, 0.1) is 11.7 Å². The third-order valence-corrected chi connectivity index (χ3v) is 4.25. The average molecular weight is 295 g/mol. The summed E-state index contributed by atoms with van der Waals surface area (Å²) < 4.78 is 25.3. The Kier molecular flexibility index (Phi) is 6.00. The van der Waals surface area contributed by atoms with Gasteiger partial charge in [-0.15, -0.1) is 0 Å². The standard InChI is InChI=1S/C17H26FNO2/c1-4-9-19-17(14-8-10-21-16(14)5-2)13-7-6-12(20-3)11-15(13)18/h6-7,11,14,16-17,19H,4-5,8-10H2,1-3H3. The Bertz CT molecular complexity index is 452. The molecule has 0 saturated carbocycles. The van der Waals surface area contributed by atoms with Gasteiger partial charge in [0.2, 0.25) is 0 Å². The van der Waals surface area contributed by atoms with Crippen molar-refractivity contribution in [1.82, 2.24) is 5.32 Å². The smallest absolute Gasteiger partial charge is 0.131 e. The van der Waals surface area contributed by atoms with Crippen LogP contribution in [0.15, 0.2) is 18.2 Å². The maximum atomic E-state index is 14.4. The van der Waals surface area contributed by atoms with Crippen molar-refractivity contribution in [3.63, 3.8) is 0 Å². The summed E-state index contributed by atoms with van der Waals surface area (Å²) in [7, 11) is 1.55. The Hall–Kier alpha value is -1.13. The Balaban J connectivity index is 2.26. The van der Waals surface area contributed by atoms with Crippen LogP contribution in [0.1, 0.15) is 44.7 Å². The third-order valence-electron chi connectivity index (χ3n) is 4.25. The molecule has 3 nitrogen and oxygen atoms in total. The van der Waals surface area contributed by atoms with Gasteiger partial charge in [-0.05, 0) is 31.9 Å². The normalized spacial score (nSPS) is 23.2. The highest BCUT2D eigenvalue weighted by atomic mass is 19.1. The van der Waals surface area contributed by atoms with Crippen LogP contribution < -0.4 is 10.1 Å². The number of ether oxygens (including phenoxy) is 2. The van der Waals surface area contributed by atoms with Crippen molar-refractivity contribution >= 4 is 0 Å². The lowest BCUT2D eigenvalue weighted by molar-refractivity contribution is 0.0770. The number of methoxy groups -OCH3 is 1. The zero-order valence-corrected chi connectivity index (χ0v) is 13.2. The van der Waals surface area contributed by atoms with Crippen LogP contribution in [-0.4, -0.2) is 26.4 Å². The van der Waals surface area contributed by atoms with Crippen molar-refractivity contribution in [1.29, 1.82) is 0 Å². The first kappa shape index (κ1) is 16.2. The minimum Gasteiger partial charge on any atom is -0.497 e. The van der Waals surface area contributed by atoms with E-state index in [-0.39, 0.29) is 18.0 Å². The number of hydrogen-bond donors (Lipinski definition) is 1. The Morgan fingerprint density at radius 2 is 2.24 bits per heavy atom. The Labute approximate surface area is 126 Å². The molecule has 21 heavy (non-hydrogen) atoms. The quantitative estimate of drug-likeness (QED) is 0.832. The molecule has 3 unspecified atom stereocenters. The third kappa shape index (κ3) is 3.74. The summed E-state index contributed by atoms with van der Waals surface area (Å²) in [6.45, 7) is 5.90. The maximum Gasteiger partial charge on any atom is 0.131 e. The molecule has 0 bridgehead atoms. The van der Waals surface area contributed by atoms with Gasteiger partial charge in [-0.25, -0.2) is 4.39 Å². The van der Waals surface area contributed by atoms with Gasteiger partial charge in [0.15, 0.2) is 0 Å². The minimum atomic E-state index is -0.204. The van der Waals surface area contributed by atoms with E-state index in [1.54, 1.807) is 7.11 Å². The van der Waals surface area contributed by atoms with Crippen LogP contribution >= 0.6 is 0 Å². The molecule has 0 amide bonds. The van der Waals surface area contributed by atoms with Crippen LogP contribution in [0.2, 0.25) is 0 Å². The van der Waals surface area contributed by atoms with Gasteiger partial charge in [0.1, 0.15) is 11.6 Å². The monoisotopic (exact) mass is 295 g/mol. The van der Waals surface area contributed by atoms with Crippen molar-refractivity contribution in [2.45, 2.75) is 45.3 Å². The summed E-state index contributed by atoms with van der Waals surface area (Å²) in [5, 5.41) is 3.51.